The Labute approximate surface area is 125 Å². The average molecular weight is 315 g/mol. The predicted octanol–water partition coefficient (Wildman–Crippen LogP) is 1.93. The van der Waals surface area contributed by atoms with Gasteiger partial charge in [0.1, 0.15) is 5.75 Å². The molecule has 0 aliphatic heterocycles. The number of ether oxygens (including phenoxy) is 1. The average Bonchev–Trinajstić information content (AvgIpc) is 2.37. The summed E-state index contributed by atoms with van der Waals surface area (Å²) in [4.78, 5) is 10.8. The molecule has 2 unspecified atom stereocenters. The van der Waals surface area contributed by atoms with E-state index in [4.69, 9.17) is 9.84 Å². The second-order valence-electron chi connectivity index (χ2n) is 5.10. The van der Waals surface area contributed by atoms with Gasteiger partial charge in [0, 0.05) is 6.04 Å². The first kappa shape index (κ1) is 17.5. The van der Waals surface area contributed by atoms with Crippen molar-refractivity contribution in [2.24, 2.45) is 0 Å². The Hall–Kier alpha value is -1.60. The molecule has 0 bridgehead atoms. The first-order valence-corrected chi connectivity index (χ1v) is 8.18. The third-order valence-corrected chi connectivity index (χ3v) is 4.72. The van der Waals surface area contributed by atoms with Gasteiger partial charge in [-0.05, 0) is 45.4 Å². The number of benzene rings is 1. The van der Waals surface area contributed by atoms with Crippen LogP contribution in [0.3, 0.4) is 0 Å². The Morgan fingerprint density at radius 3 is 2.10 bits per heavy atom. The normalized spacial score (nSPS) is 14.7. The summed E-state index contributed by atoms with van der Waals surface area (Å²) in [5.41, 5.74) is 0.729. The molecule has 0 fully saturated rings. The summed E-state index contributed by atoms with van der Waals surface area (Å²) in [7, 11) is -3.92. The van der Waals surface area contributed by atoms with E-state index in [1.54, 1.807) is 31.2 Å². The molecular weight excluding hydrogens is 294 g/mol. The van der Waals surface area contributed by atoms with Gasteiger partial charge in [-0.15, -0.1) is 0 Å². The second kappa shape index (κ2) is 6.91. The van der Waals surface area contributed by atoms with Crippen LogP contribution >= 0.6 is 0 Å². The van der Waals surface area contributed by atoms with Crippen LogP contribution in [0.5, 0.6) is 5.75 Å². The van der Waals surface area contributed by atoms with Gasteiger partial charge in [-0.25, -0.2) is 13.1 Å². The topological polar surface area (TPSA) is 92.7 Å². The maximum atomic E-state index is 11.9. The molecule has 7 heteroatoms. The number of hydrogen-bond donors (Lipinski definition) is 2. The van der Waals surface area contributed by atoms with Gasteiger partial charge >= 0.3 is 5.97 Å². The van der Waals surface area contributed by atoms with E-state index < -0.39 is 27.3 Å². The number of carbonyl (C=O) groups is 1. The largest absolute Gasteiger partial charge is 0.491 e. The Morgan fingerprint density at radius 2 is 1.67 bits per heavy atom. The van der Waals surface area contributed by atoms with E-state index in [0.717, 1.165) is 12.5 Å². The summed E-state index contributed by atoms with van der Waals surface area (Å²) in [6.07, 6.45) is 0.0585. The van der Waals surface area contributed by atoms with Crippen LogP contribution in [0.1, 0.15) is 39.3 Å². The van der Waals surface area contributed by atoms with Crippen LogP contribution < -0.4 is 9.46 Å². The third kappa shape index (κ3) is 5.02. The minimum Gasteiger partial charge on any atom is -0.491 e. The SMILES string of the molecule is CC(C)Oc1ccc(C(C)NS(=O)(=O)C(C)C(=O)O)cc1. The summed E-state index contributed by atoms with van der Waals surface area (Å²) in [5, 5.41) is 7.29. The van der Waals surface area contributed by atoms with Crippen LogP contribution in [0.4, 0.5) is 0 Å². The van der Waals surface area contributed by atoms with Gasteiger partial charge < -0.3 is 9.84 Å². The highest BCUT2D eigenvalue weighted by molar-refractivity contribution is 7.90. The molecule has 6 nitrogen and oxygen atoms in total. The zero-order chi connectivity index (χ0) is 16.2. The number of hydrogen-bond acceptors (Lipinski definition) is 4. The monoisotopic (exact) mass is 315 g/mol. The van der Waals surface area contributed by atoms with E-state index >= 15 is 0 Å². The van der Waals surface area contributed by atoms with Gasteiger partial charge in [0.05, 0.1) is 6.10 Å². The molecule has 21 heavy (non-hydrogen) atoms. The standard InChI is InChI=1S/C14H21NO5S/c1-9(2)20-13-7-5-12(6-8-13)10(3)15-21(18,19)11(4)14(16)17/h5-11,15H,1-4H3,(H,16,17). The Morgan fingerprint density at radius 1 is 1.14 bits per heavy atom. The van der Waals surface area contributed by atoms with Gasteiger partial charge in [0.25, 0.3) is 0 Å². The first-order chi connectivity index (χ1) is 9.63. The van der Waals surface area contributed by atoms with Crippen LogP contribution in [-0.4, -0.2) is 30.8 Å². The number of nitrogens with one attached hydrogen (secondary N) is 1. The lowest BCUT2D eigenvalue weighted by Crippen LogP contribution is -2.38. The quantitative estimate of drug-likeness (QED) is 0.802. The molecule has 0 radical (unpaired) electrons. The number of carboxylic acid groups (broad SMARTS) is 1. The molecule has 118 valence electrons. The smallest absolute Gasteiger partial charge is 0.323 e. The Bertz CT molecular complexity index is 580. The summed E-state index contributed by atoms with van der Waals surface area (Å²) in [6.45, 7) is 6.62. The van der Waals surface area contributed by atoms with Crippen LogP contribution in [0, 0.1) is 0 Å². The summed E-state index contributed by atoms with van der Waals surface area (Å²) < 4.78 is 31.6. The number of carboxylic acids is 1. The minimum atomic E-state index is -3.92. The van der Waals surface area contributed by atoms with E-state index in [2.05, 4.69) is 4.72 Å². The van der Waals surface area contributed by atoms with Crippen LogP contribution in [0.25, 0.3) is 0 Å². The van der Waals surface area contributed by atoms with E-state index in [-0.39, 0.29) is 6.10 Å². The second-order valence-corrected chi connectivity index (χ2v) is 7.13. The van der Waals surface area contributed by atoms with Crippen molar-refractivity contribution in [1.82, 2.24) is 4.72 Å². The van der Waals surface area contributed by atoms with Crippen LogP contribution in [-0.2, 0) is 14.8 Å². The lowest BCUT2D eigenvalue weighted by atomic mass is 10.1. The van der Waals surface area contributed by atoms with Crippen molar-refractivity contribution in [3.63, 3.8) is 0 Å². The summed E-state index contributed by atoms with van der Waals surface area (Å²) in [5.74, 6) is -0.682. The molecule has 2 N–H and O–H groups in total. The molecule has 1 aromatic rings. The van der Waals surface area contributed by atoms with Crippen molar-refractivity contribution < 1.29 is 23.1 Å². The molecule has 0 aromatic heterocycles. The third-order valence-electron chi connectivity index (χ3n) is 2.91. The van der Waals surface area contributed by atoms with Gasteiger partial charge in [0.15, 0.2) is 5.25 Å². The molecule has 1 aromatic carbocycles. The number of aliphatic carboxylic acids is 1. The molecule has 0 saturated heterocycles. The lowest BCUT2D eigenvalue weighted by molar-refractivity contribution is -0.136. The molecule has 0 amide bonds. The lowest BCUT2D eigenvalue weighted by Gasteiger charge is -2.17. The maximum Gasteiger partial charge on any atom is 0.323 e. The minimum absolute atomic E-state index is 0.0585. The van der Waals surface area contributed by atoms with Gasteiger partial charge in [-0.2, -0.15) is 0 Å². The highest BCUT2D eigenvalue weighted by Crippen LogP contribution is 2.19. The van der Waals surface area contributed by atoms with Crippen molar-refractivity contribution in [3.8, 4) is 5.75 Å². The Balaban J connectivity index is 2.80. The molecule has 0 spiro atoms. The first-order valence-electron chi connectivity index (χ1n) is 6.64. The molecule has 0 aliphatic rings. The molecule has 0 heterocycles. The summed E-state index contributed by atoms with van der Waals surface area (Å²) in [6, 6.07) is 6.47. The fourth-order valence-corrected chi connectivity index (χ4v) is 2.75. The van der Waals surface area contributed by atoms with Crippen LogP contribution in [0.15, 0.2) is 24.3 Å². The fraction of sp³-hybridized carbons (Fsp3) is 0.500. The molecule has 2 atom stereocenters. The van der Waals surface area contributed by atoms with Gasteiger partial charge in [0.2, 0.25) is 10.0 Å². The van der Waals surface area contributed by atoms with E-state index in [1.165, 1.54) is 0 Å². The maximum absolute atomic E-state index is 11.9. The zero-order valence-corrected chi connectivity index (χ0v) is 13.3. The predicted molar refractivity (Wildman–Crippen MR) is 79.8 cm³/mol. The van der Waals surface area contributed by atoms with Crippen molar-refractivity contribution in [2.45, 2.75) is 45.1 Å². The van der Waals surface area contributed by atoms with Crippen molar-refractivity contribution >= 4 is 16.0 Å². The van der Waals surface area contributed by atoms with E-state index in [0.29, 0.717) is 5.75 Å². The molecule has 1 rings (SSSR count). The fourth-order valence-electron chi connectivity index (χ4n) is 1.66. The molecule has 0 aliphatic carbocycles. The van der Waals surface area contributed by atoms with Crippen molar-refractivity contribution in [2.75, 3.05) is 0 Å². The van der Waals surface area contributed by atoms with Crippen molar-refractivity contribution in [1.29, 1.82) is 0 Å². The van der Waals surface area contributed by atoms with Gasteiger partial charge in [-0.3, -0.25) is 4.79 Å². The van der Waals surface area contributed by atoms with Crippen LogP contribution in [0.2, 0.25) is 0 Å². The molecular formula is C14H21NO5S. The van der Waals surface area contributed by atoms with Gasteiger partial charge in [-0.1, -0.05) is 12.1 Å². The van der Waals surface area contributed by atoms with E-state index in [9.17, 15) is 13.2 Å². The summed E-state index contributed by atoms with van der Waals surface area (Å²) >= 11 is 0. The number of rotatable bonds is 7. The van der Waals surface area contributed by atoms with E-state index in [1.807, 2.05) is 13.8 Å². The zero-order valence-electron chi connectivity index (χ0n) is 12.5. The highest BCUT2D eigenvalue weighted by atomic mass is 32.2. The molecule has 0 saturated carbocycles. The highest BCUT2D eigenvalue weighted by Gasteiger charge is 2.29. The number of sulfonamides is 1. The van der Waals surface area contributed by atoms with Crippen molar-refractivity contribution in [3.05, 3.63) is 29.8 Å². The Kier molecular flexibility index (Phi) is 5.74.